The molecule has 1 fully saturated rings. The highest BCUT2D eigenvalue weighted by molar-refractivity contribution is 7.13. The predicted molar refractivity (Wildman–Crippen MR) is 108 cm³/mol. The minimum atomic E-state index is -0.582. The largest absolute Gasteiger partial charge is 0.477 e. The zero-order valence-electron chi connectivity index (χ0n) is 16.1. The summed E-state index contributed by atoms with van der Waals surface area (Å²) in [7, 11) is 0. The van der Waals surface area contributed by atoms with Crippen molar-refractivity contribution in [3.63, 3.8) is 0 Å². The van der Waals surface area contributed by atoms with Gasteiger partial charge in [-0.2, -0.15) is 4.98 Å². The predicted octanol–water partition coefficient (Wildman–Crippen LogP) is 2.23. The summed E-state index contributed by atoms with van der Waals surface area (Å²) in [5.41, 5.74) is 7.49. The maximum Gasteiger partial charge on any atom is 0.279 e. The number of nitrogens with zero attached hydrogens (tertiary/aromatic N) is 5. The molecule has 3 heterocycles. The van der Waals surface area contributed by atoms with Crippen molar-refractivity contribution in [2.45, 2.75) is 32.7 Å². The third-order valence-corrected chi connectivity index (χ3v) is 5.53. The number of nitrogens with two attached hydrogens (primary N) is 1. The third-order valence-electron chi connectivity index (χ3n) is 4.59. The van der Waals surface area contributed by atoms with Crippen LogP contribution in [0.3, 0.4) is 0 Å². The lowest BCUT2D eigenvalue weighted by Gasteiger charge is -2.09. The van der Waals surface area contributed by atoms with E-state index < -0.39 is 5.91 Å². The molecule has 0 bridgehead atoms. The summed E-state index contributed by atoms with van der Waals surface area (Å²) >= 11 is 1.15. The standard InChI is InChI=1S/C19H21N7O2S/c1-10-3-4-14(21-7-10)13-5-12(13)9-28-16-6-15(23-11(2)24-16)22-8-17-25-26-19(29-17)18(20)27/h3-4,6-7,12-13H,5,8-9H2,1-2H3,(H2,20,27)(H,22,23,24)/t12-,13+/m1/s1. The fraction of sp³-hybridized carbons (Fsp3) is 0.368. The maximum atomic E-state index is 11.1. The van der Waals surface area contributed by atoms with E-state index in [0.717, 1.165) is 29.0 Å². The second-order valence-corrected chi connectivity index (χ2v) is 8.09. The quantitative estimate of drug-likeness (QED) is 0.577. The van der Waals surface area contributed by atoms with Crippen molar-refractivity contribution < 1.29 is 9.53 Å². The van der Waals surface area contributed by atoms with E-state index in [0.29, 0.717) is 47.5 Å². The van der Waals surface area contributed by atoms with Gasteiger partial charge in [0.25, 0.3) is 5.91 Å². The summed E-state index contributed by atoms with van der Waals surface area (Å²) in [6.07, 6.45) is 2.98. The first kappa shape index (κ1) is 19.2. The Kier molecular flexibility index (Phi) is 5.34. The third kappa shape index (κ3) is 4.83. The molecule has 9 nitrogen and oxygen atoms in total. The second kappa shape index (κ2) is 8.08. The number of aromatic nitrogens is 5. The Balaban J connectivity index is 1.32. The van der Waals surface area contributed by atoms with Crippen molar-refractivity contribution in [2.75, 3.05) is 11.9 Å². The van der Waals surface area contributed by atoms with E-state index in [2.05, 4.69) is 42.6 Å². The maximum absolute atomic E-state index is 11.1. The minimum Gasteiger partial charge on any atom is -0.477 e. The fourth-order valence-corrected chi connectivity index (χ4v) is 3.61. The van der Waals surface area contributed by atoms with Crippen LogP contribution in [0.4, 0.5) is 5.82 Å². The Morgan fingerprint density at radius 2 is 2.17 bits per heavy atom. The molecule has 1 saturated carbocycles. The molecule has 10 heteroatoms. The van der Waals surface area contributed by atoms with Gasteiger partial charge in [0.05, 0.1) is 13.2 Å². The number of hydrogen-bond acceptors (Lipinski definition) is 9. The summed E-state index contributed by atoms with van der Waals surface area (Å²) in [5, 5.41) is 11.7. The zero-order chi connectivity index (χ0) is 20.4. The van der Waals surface area contributed by atoms with Crippen LogP contribution in [-0.4, -0.2) is 37.7 Å². The van der Waals surface area contributed by atoms with Gasteiger partial charge in [-0.05, 0) is 31.9 Å². The van der Waals surface area contributed by atoms with Gasteiger partial charge in [-0.3, -0.25) is 9.78 Å². The number of aryl methyl sites for hydroxylation is 2. The van der Waals surface area contributed by atoms with Crippen molar-refractivity contribution in [3.8, 4) is 5.88 Å². The molecule has 0 aliphatic heterocycles. The molecule has 29 heavy (non-hydrogen) atoms. The van der Waals surface area contributed by atoms with Gasteiger partial charge in [0.2, 0.25) is 10.9 Å². The Morgan fingerprint density at radius 1 is 1.31 bits per heavy atom. The van der Waals surface area contributed by atoms with Gasteiger partial charge in [-0.25, -0.2) is 4.98 Å². The molecule has 1 aliphatic carbocycles. The molecule has 4 rings (SSSR count). The summed E-state index contributed by atoms with van der Waals surface area (Å²) < 4.78 is 5.91. The van der Waals surface area contributed by atoms with E-state index in [-0.39, 0.29) is 5.01 Å². The lowest BCUT2D eigenvalue weighted by Crippen LogP contribution is -2.10. The van der Waals surface area contributed by atoms with Gasteiger partial charge < -0.3 is 15.8 Å². The highest BCUT2D eigenvalue weighted by Crippen LogP contribution is 2.46. The molecular weight excluding hydrogens is 390 g/mol. The zero-order valence-corrected chi connectivity index (χ0v) is 16.9. The molecule has 2 atom stereocenters. The van der Waals surface area contributed by atoms with Gasteiger partial charge in [-0.15, -0.1) is 10.2 Å². The van der Waals surface area contributed by atoms with Crippen molar-refractivity contribution in [1.29, 1.82) is 0 Å². The summed E-state index contributed by atoms with van der Waals surface area (Å²) in [4.78, 5) is 24.3. The number of carbonyl (C=O) groups is 1. The smallest absolute Gasteiger partial charge is 0.279 e. The van der Waals surface area contributed by atoms with Crippen LogP contribution in [0, 0.1) is 19.8 Å². The fourth-order valence-electron chi connectivity index (χ4n) is 2.98. The van der Waals surface area contributed by atoms with Crippen LogP contribution in [0.25, 0.3) is 0 Å². The first-order valence-electron chi connectivity index (χ1n) is 9.25. The lowest BCUT2D eigenvalue weighted by molar-refractivity contribution is 0.0999. The topological polar surface area (TPSA) is 129 Å². The van der Waals surface area contributed by atoms with E-state index in [1.807, 2.05) is 20.0 Å². The average molecular weight is 411 g/mol. The molecule has 150 valence electrons. The highest BCUT2D eigenvalue weighted by atomic mass is 32.1. The van der Waals surface area contributed by atoms with Gasteiger partial charge in [0.15, 0.2) is 0 Å². The normalized spacial score (nSPS) is 17.7. The Bertz CT molecular complexity index is 1020. The van der Waals surface area contributed by atoms with Gasteiger partial charge >= 0.3 is 0 Å². The van der Waals surface area contributed by atoms with Crippen molar-refractivity contribution >= 4 is 23.1 Å². The molecule has 0 saturated heterocycles. The molecule has 3 aromatic heterocycles. The monoisotopic (exact) mass is 411 g/mol. The SMILES string of the molecule is Cc1ccc([C@H]2C[C@@H]2COc2cc(NCc3nnc(C(N)=O)s3)nc(C)n2)nc1. The van der Waals surface area contributed by atoms with Crippen LogP contribution in [0.15, 0.2) is 24.4 Å². The van der Waals surface area contributed by atoms with E-state index in [1.54, 1.807) is 6.07 Å². The number of rotatable bonds is 8. The molecule has 0 unspecified atom stereocenters. The van der Waals surface area contributed by atoms with Crippen molar-refractivity contribution in [2.24, 2.45) is 11.7 Å². The number of hydrogen-bond donors (Lipinski definition) is 2. The Hall–Kier alpha value is -3.14. The summed E-state index contributed by atoms with van der Waals surface area (Å²) in [6, 6.07) is 5.94. The van der Waals surface area contributed by atoms with Gasteiger partial charge in [0, 0.05) is 29.8 Å². The average Bonchev–Trinajstić information content (AvgIpc) is 3.30. The van der Waals surface area contributed by atoms with E-state index >= 15 is 0 Å². The molecule has 3 aromatic rings. The first-order chi connectivity index (χ1) is 14.0. The Labute approximate surface area is 171 Å². The van der Waals surface area contributed by atoms with E-state index in [9.17, 15) is 4.79 Å². The molecule has 1 amide bonds. The first-order valence-corrected chi connectivity index (χ1v) is 10.1. The number of primary amides is 1. The van der Waals surface area contributed by atoms with Crippen molar-refractivity contribution in [1.82, 2.24) is 25.1 Å². The van der Waals surface area contributed by atoms with Crippen LogP contribution in [-0.2, 0) is 6.54 Å². The lowest BCUT2D eigenvalue weighted by atomic mass is 10.2. The van der Waals surface area contributed by atoms with Crippen LogP contribution < -0.4 is 15.8 Å². The van der Waals surface area contributed by atoms with Crippen LogP contribution in [0.1, 0.15) is 44.2 Å². The number of ether oxygens (including phenoxy) is 1. The molecule has 3 N–H and O–H groups in total. The molecule has 0 radical (unpaired) electrons. The number of nitrogens with one attached hydrogen (secondary N) is 1. The van der Waals surface area contributed by atoms with Gasteiger partial charge in [-0.1, -0.05) is 17.4 Å². The minimum absolute atomic E-state index is 0.187. The Morgan fingerprint density at radius 3 is 2.90 bits per heavy atom. The van der Waals surface area contributed by atoms with Crippen LogP contribution in [0.5, 0.6) is 5.88 Å². The number of pyridine rings is 1. The second-order valence-electron chi connectivity index (χ2n) is 7.03. The highest BCUT2D eigenvalue weighted by Gasteiger charge is 2.40. The van der Waals surface area contributed by atoms with Gasteiger partial charge in [0.1, 0.15) is 16.6 Å². The van der Waals surface area contributed by atoms with E-state index in [4.69, 9.17) is 10.5 Å². The number of carbonyl (C=O) groups excluding carboxylic acids is 1. The van der Waals surface area contributed by atoms with E-state index in [1.165, 1.54) is 0 Å². The molecule has 1 aliphatic rings. The molecule has 0 aromatic carbocycles. The number of amides is 1. The van der Waals surface area contributed by atoms with Crippen LogP contribution >= 0.6 is 11.3 Å². The summed E-state index contributed by atoms with van der Waals surface area (Å²) in [6.45, 7) is 4.82. The summed E-state index contributed by atoms with van der Waals surface area (Å²) in [5.74, 6) is 2.07. The van der Waals surface area contributed by atoms with Crippen molar-refractivity contribution in [3.05, 3.63) is 51.5 Å². The molecular formula is C19H21N7O2S. The number of anilines is 1. The molecule has 0 spiro atoms. The van der Waals surface area contributed by atoms with Crippen LogP contribution in [0.2, 0.25) is 0 Å².